The molecule has 126 valence electrons. The molecule has 0 aliphatic carbocycles. The molecule has 0 spiro atoms. The van der Waals surface area contributed by atoms with Crippen molar-refractivity contribution in [2.45, 2.75) is 18.8 Å². The lowest BCUT2D eigenvalue weighted by atomic mass is 10.0. The number of hydrogen-bond donors (Lipinski definition) is 1. The van der Waals surface area contributed by atoms with Crippen LogP contribution >= 0.6 is 0 Å². The number of piperazine rings is 1. The quantitative estimate of drug-likeness (QED) is 0.899. The molecule has 0 saturated carbocycles. The maximum atomic E-state index is 12.3. The number of hydrogen-bond acceptors (Lipinski definition) is 5. The van der Waals surface area contributed by atoms with Crippen LogP contribution in [0.25, 0.3) is 0 Å². The Morgan fingerprint density at radius 2 is 2.04 bits per heavy atom. The summed E-state index contributed by atoms with van der Waals surface area (Å²) in [6, 6.07) is 5.90. The highest BCUT2D eigenvalue weighted by molar-refractivity contribution is 5.43. The topological polar surface area (TPSA) is 57.5 Å². The maximum Gasteiger partial charge on any atom is 0.573 e. The van der Waals surface area contributed by atoms with Gasteiger partial charge in [0.25, 0.3) is 0 Å². The first-order valence-corrected chi connectivity index (χ1v) is 7.20. The molecule has 1 aliphatic heterocycles. The predicted molar refractivity (Wildman–Crippen MR) is 77.1 cm³/mol. The summed E-state index contributed by atoms with van der Waals surface area (Å²) in [4.78, 5) is 2.13. The summed E-state index contributed by atoms with van der Waals surface area (Å²) >= 11 is 0. The average Bonchev–Trinajstić information content (AvgIpc) is 2.52. The zero-order valence-electron chi connectivity index (χ0n) is 12.7. The molecule has 23 heavy (non-hydrogen) atoms. The van der Waals surface area contributed by atoms with E-state index in [1.54, 1.807) is 0 Å². The van der Waals surface area contributed by atoms with Crippen LogP contribution in [0.3, 0.4) is 0 Å². The maximum absolute atomic E-state index is 12.3. The Bertz CT molecular complexity index is 566. The third kappa shape index (κ3) is 4.74. The first kappa shape index (κ1) is 17.4. The normalized spacial score (nSPS) is 17.3. The van der Waals surface area contributed by atoms with Gasteiger partial charge in [-0.2, -0.15) is 5.26 Å². The van der Waals surface area contributed by atoms with E-state index in [1.807, 2.05) is 0 Å². The molecule has 0 bridgehead atoms. The highest BCUT2D eigenvalue weighted by Crippen LogP contribution is 2.36. The molecule has 1 aliphatic rings. The Morgan fingerprint density at radius 3 is 2.61 bits per heavy atom. The van der Waals surface area contributed by atoms with E-state index in [0.29, 0.717) is 5.56 Å². The molecule has 1 fully saturated rings. The van der Waals surface area contributed by atoms with Crippen molar-refractivity contribution in [3.63, 3.8) is 0 Å². The van der Waals surface area contributed by atoms with E-state index in [2.05, 4.69) is 21.0 Å². The van der Waals surface area contributed by atoms with Crippen molar-refractivity contribution < 1.29 is 22.6 Å². The standard InChI is InChI=1S/C15H18F3N3O2/c1-22-14-10-11(23-15(16,17)18)2-3-12(14)13(4-5-19)21-8-6-20-7-9-21/h2-3,10,13,20H,4,6-9H2,1H3/t13-/m0/s1. The van der Waals surface area contributed by atoms with Crippen molar-refractivity contribution in [1.82, 2.24) is 10.2 Å². The van der Waals surface area contributed by atoms with Crippen molar-refractivity contribution >= 4 is 0 Å². The molecule has 1 aromatic carbocycles. The minimum Gasteiger partial charge on any atom is -0.496 e. The number of methoxy groups -OCH3 is 1. The molecular formula is C15H18F3N3O2. The van der Waals surface area contributed by atoms with Gasteiger partial charge in [-0.15, -0.1) is 13.2 Å². The van der Waals surface area contributed by atoms with Gasteiger partial charge in [-0.25, -0.2) is 0 Å². The van der Waals surface area contributed by atoms with Crippen LogP contribution < -0.4 is 14.8 Å². The number of nitrogens with zero attached hydrogens (tertiary/aromatic N) is 2. The second-order valence-electron chi connectivity index (χ2n) is 5.12. The zero-order chi connectivity index (χ0) is 16.9. The predicted octanol–water partition coefficient (Wildman–Crippen LogP) is 2.45. The van der Waals surface area contributed by atoms with Crippen molar-refractivity contribution in [1.29, 1.82) is 5.26 Å². The summed E-state index contributed by atoms with van der Waals surface area (Å²) in [5.74, 6) is -0.0559. The Balaban J connectivity index is 2.29. The van der Waals surface area contributed by atoms with Crippen molar-refractivity contribution in [2.75, 3.05) is 33.3 Å². The van der Waals surface area contributed by atoms with Gasteiger partial charge in [0.1, 0.15) is 11.5 Å². The monoisotopic (exact) mass is 329 g/mol. The number of benzene rings is 1. The molecule has 0 unspecified atom stereocenters. The van der Waals surface area contributed by atoms with E-state index in [1.165, 1.54) is 25.3 Å². The molecule has 1 N–H and O–H groups in total. The smallest absolute Gasteiger partial charge is 0.496 e. The van der Waals surface area contributed by atoms with E-state index in [-0.39, 0.29) is 24.0 Å². The van der Waals surface area contributed by atoms with Crippen LogP contribution in [0.5, 0.6) is 11.5 Å². The van der Waals surface area contributed by atoms with Crippen LogP contribution in [-0.2, 0) is 0 Å². The fourth-order valence-electron chi connectivity index (χ4n) is 2.68. The van der Waals surface area contributed by atoms with E-state index >= 15 is 0 Å². The number of rotatable bonds is 5. The third-order valence-corrected chi connectivity index (χ3v) is 3.67. The van der Waals surface area contributed by atoms with Gasteiger partial charge >= 0.3 is 6.36 Å². The van der Waals surface area contributed by atoms with E-state index in [0.717, 1.165) is 26.2 Å². The van der Waals surface area contributed by atoms with Crippen molar-refractivity contribution in [3.8, 4) is 17.6 Å². The van der Waals surface area contributed by atoms with Gasteiger partial charge in [0.2, 0.25) is 0 Å². The summed E-state index contributed by atoms with van der Waals surface area (Å²) in [5.41, 5.74) is 0.686. The second kappa shape index (κ2) is 7.53. The molecule has 1 saturated heterocycles. The molecule has 0 aromatic heterocycles. The zero-order valence-corrected chi connectivity index (χ0v) is 12.7. The lowest BCUT2D eigenvalue weighted by molar-refractivity contribution is -0.274. The van der Waals surface area contributed by atoms with Crippen LogP contribution in [0.2, 0.25) is 0 Å². The molecule has 1 atom stereocenters. The molecule has 0 radical (unpaired) electrons. The number of halogens is 3. The summed E-state index contributed by atoms with van der Waals surface area (Å²) in [6.45, 7) is 3.13. The minimum absolute atomic E-state index is 0.225. The van der Waals surface area contributed by atoms with Crippen LogP contribution in [0.4, 0.5) is 13.2 Å². The second-order valence-corrected chi connectivity index (χ2v) is 5.12. The third-order valence-electron chi connectivity index (χ3n) is 3.67. The van der Waals surface area contributed by atoms with Gasteiger partial charge in [0.05, 0.1) is 25.6 Å². The lowest BCUT2D eigenvalue weighted by Crippen LogP contribution is -2.45. The highest BCUT2D eigenvalue weighted by Gasteiger charge is 2.32. The molecule has 1 heterocycles. The Labute approximate surface area is 132 Å². The molecule has 1 aromatic rings. The summed E-state index contributed by atoms with van der Waals surface area (Å²) in [6.07, 6.45) is -4.52. The van der Waals surface area contributed by atoms with Crippen molar-refractivity contribution in [2.24, 2.45) is 0 Å². The fraction of sp³-hybridized carbons (Fsp3) is 0.533. The first-order chi connectivity index (χ1) is 10.9. The molecule has 5 nitrogen and oxygen atoms in total. The van der Waals surface area contributed by atoms with Crippen LogP contribution in [-0.4, -0.2) is 44.6 Å². The Hall–Kier alpha value is -1.98. The first-order valence-electron chi connectivity index (χ1n) is 7.20. The molecular weight excluding hydrogens is 311 g/mol. The number of ether oxygens (including phenoxy) is 2. The number of nitrogens with one attached hydrogen (secondary N) is 1. The van der Waals surface area contributed by atoms with Gasteiger partial charge in [0.15, 0.2) is 0 Å². The van der Waals surface area contributed by atoms with Gasteiger partial charge in [-0.05, 0) is 6.07 Å². The van der Waals surface area contributed by atoms with E-state index in [9.17, 15) is 13.2 Å². The van der Waals surface area contributed by atoms with E-state index in [4.69, 9.17) is 10.00 Å². The van der Waals surface area contributed by atoms with Crippen molar-refractivity contribution in [3.05, 3.63) is 23.8 Å². The van der Waals surface area contributed by atoms with Gasteiger partial charge in [-0.3, -0.25) is 4.90 Å². The minimum atomic E-state index is -4.75. The largest absolute Gasteiger partial charge is 0.573 e. The molecule has 0 amide bonds. The lowest BCUT2D eigenvalue weighted by Gasteiger charge is -2.34. The summed E-state index contributed by atoms with van der Waals surface area (Å²) < 4.78 is 46.1. The fourth-order valence-corrected chi connectivity index (χ4v) is 2.68. The SMILES string of the molecule is COc1cc(OC(F)(F)F)ccc1[C@H](CC#N)N1CCNCC1. The summed E-state index contributed by atoms with van der Waals surface area (Å²) in [5, 5.41) is 12.3. The number of nitriles is 1. The van der Waals surface area contributed by atoms with Crippen LogP contribution in [0, 0.1) is 11.3 Å². The average molecular weight is 329 g/mol. The summed E-state index contributed by atoms with van der Waals surface area (Å²) in [7, 11) is 1.39. The Morgan fingerprint density at radius 1 is 1.35 bits per heavy atom. The number of alkyl halides is 3. The van der Waals surface area contributed by atoms with Gasteiger partial charge in [0, 0.05) is 37.8 Å². The van der Waals surface area contributed by atoms with Gasteiger partial charge < -0.3 is 14.8 Å². The van der Waals surface area contributed by atoms with Gasteiger partial charge in [-0.1, -0.05) is 6.07 Å². The highest BCUT2D eigenvalue weighted by atomic mass is 19.4. The molecule has 8 heteroatoms. The molecule has 2 rings (SSSR count). The van der Waals surface area contributed by atoms with Crippen LogP contribution in [0.15, 0.2) is 18.2 Å². The Kier molecular flexibility index (Phi) is 5.69. The van der Waals surface area contributed by atoms with Crippen LogP contribution in [0.1, 0.15) is 18.0 Å². The van der Waals surface area contributed by atoms with E-state index < -0.39 is 6.36 Å².